The number of thioether (sulfide) groups is 1. The smallest absolute Gasteiger partial charge is 0.240 e. The Morgan fingerprint density at radius 1 is 1.14 bits per heavy atom. The van der Waals surface area contributed by atoms with Crippen LogP contribution in [0.5, 0.6) is 0 Å². The molecule has 1 aliphatic carbocycles. The van der Waals surface area contributed by atoms with Gasteiger partial charge in [0, 0.05) is 18.6 Å². The lowest BCUT2D eigenvalue weighted by Gasteiger charge is -2.33. The largest absolute Gasteiger partial charge is 0.352 e. The number of likely N-dealkylation sites (tertiary alicyclic amines) is 1. The number of hydrogen-bond acceptors (Lipinski definition) is 4. The Morgan fingerprint density at radius 2 is 1.90 bits per heavy atom. The molecule has 6 nitrogen and oxygen atoms in total. The first-order valence-corrected chi connectivity index (χ1v) is 11.8. The van der Waals surface area contributed by atoms with Crippen LogP contribution < -0.4 is 5.32 Å². The number of amides is 2. The standard InChI is InChI=1S/C22H30N4O2S/c1-16-8-6-7-13-25(16)21(28)15-29-22-24-18-11-4-5-12-19(18)26(22)14-20(27)23-17-9-2-3-10-17/h4-5,11-12,16-17H,2-3,6-10,13-15H2,1H3,(H,23,27)/t16-/m0/s1. The highest BCUT2D eigenvalue weighted by Gasteiger charge is 2.24. The summed E-state index contributed by atoms with van der Waals surface area (Å²) >= 11 is 1.44. The molecular weight excluding hydrogens is 384 g/mol. The fourth-order valence-corrected chi connectivity index (χ4v) is 5.38. The molecule has 2 aromatic rings. The Morgan fingerprint density at radius 3 is 2.69 bits per heavy atom. The van der Waals surface area contributed by atoms with Crippen molar-refractivity contribution in [1.82, 2.24) is 19.8 Å². The van der Waals surface area contributed by atoms with Crippen LogP contribution in [0.3, 0.4) is 0 Å². The molecule has 2 heterocycles. The summed E-state index contributed by atoms with van der Waals surface area (Å²) in [4.78, 5) is 32.1. The summed E-state index contributed by atoms with van der Waals surface area (Å²) in [6.07, 6.45) is 7.89. The maximum Gasteiger partial charge on any atom is 0.240 e. The van der Waals surface area contributed by atoms with Crippen LogP contribution in [-0.4, -0.2) is 50.6 Å². The molecule has 0 spiro atoms. The highest BCUT2D eigenvalue weighted by molar-refractivity contribution is 7.99. The van der Waals surface area contributed by atoms with Crippen molar-refractivity contribution in [2.75, 3.05) is 12.3 Å². The lowest BCUT2D eigenvalue weighted by atomic mass is 10.0. The van der Waals surface area contributed by atoms with E-state index in [0.717, 1.165) is 48.4 Å². The van der Waals surface area contributed by atoms with Crippen molar-refractivity contribution in [3.8, 4) is 0 Å². The van der Waals surface area contributed by atoms with E-state index in [4.69, 9.17) is 4.98 Å². The summed E-state index contributed by atoms with van der Waals surface area (Å²) in [6, 6.07) is 8.48. The molecular formula is C22H30N4O2S. The number of fused-ring (bicyclic) bond motifs is 1. The topological polar surface area (TPSA) is 67.2 Å². The number of benzene rings is 1. The lowest BCUT2D eigenvalue weighted by Crippen LogP contribution is -2.43. The lowest BCUT2D eigenvalue weighted by molar-refractivity contribution is -0.131. The third-order valence-corrected chi connectivity index (χ3v) is 7.05. The highest BCUT2D eigenvalue weighted by atomic mass is 32.2. The Kier molecular flexibility index (Phi) is 6.43. The van der Waals surface area contributed by atoms with E-state index in [1.807, 2.05) is 33.7 Å². The Balaban J connectivity index is 1.47. The van der Waals surface area contributed by atoms with E-state index in [9.17, 15) is 9.59 Å². The van der Waals surface area contributed by atoms with Gasteiger partial charge in [0.2, 0.25) is 11.8 Å². The molecule has 2 fully saturated rings. The van der Waals surface area contributed by atoms with Crippen molar-refractivity contribution in [2.45, 2.75) is 75.7 Å². The summed E-state index contributed by atoms with van der Waals surface area (Å²) in [7, 11) is 0. The van der Waals surface area contributed by atoms with Crippen molar-refractivity contribution in [1.29, 1.82) is 0 Å². The average molecular weight is 415 g/mol. The maximum atomic E-state index is 12.7. The molecule has 2 aliphatic rings. The molecule has 1 atom stereocenters. The van der Waals surface area contributed by atoms with Gasteiger partial charge < -0.3 is 14.8 Å². The number of hydrogen-bond donors (Lipinski definition) is 1. The van der Waals surface area contributed by atoms with Gasteiger partial charge in [-0.1, -0.05) is 36.7 Å². The molecule has 0 bridgehead atoms. The second-order valence-corrected chi connectivity index (χ2v) is 9.18. The van der Waals surface area contributed by atoms with E-state index in [1.165, 1.54) is 31.0 Å². The highest BCUT2D eigenvalue weighted by Crippen LogP contribution is 2.26. The summed E-state index contributed by atoms with van der Waals surface area (Å²) < 4.78 is 1.96. The zero-order valence-corrected chi connectivity index (χ0v) is 17.9. The molecule has 156 valence electrons. The van der Waals surface area contributed by atoms with Crippen molar-refractivity contribution in [3.05, 3.63) is 24.3 Å². The van der Waals surface area contributed by atoms with Crippen LogP contribution in [-0.2, 0) is 16.1 Å². The maximum absolute atomic E-state index is 12.7. The molecule has 1 saturated heterocycles. The summed E-state index contributed by atoms with van der Waals surface area (Å²) in [5, 5.41) is 3.90. The quantitative estimate of drug-likeness (QED) is 0.734. The van der Waals surface area contributed by atoms with Crippen LogP contribution >= 0.6 is 11.8 Å². The van der Waals surface area contributed by atoms with Gasteiger partial charge in [0.05, 0.1) is 16.8 Å². The van der Waals surface area contributed by atoms with Gasteiger partial charge in [-0.25, -0.2) is 4.98 Å². The first kappa shape index (κ1) is 20.3. The van der Waals surface area contributed by atoms with Crippen LogP contribution in [0.2, 0.25) is 0 Å². The van der Waals surface area contributed by atoms with Crippen molar-refractivity contribution in [3.63, 3.8) is 0 Å². The van der Waals surface area contributed by atoms with Gasteiger partial charge in [-0.15, -0.1) is 0 Å². The van der Waals surface area contributed by atoms with Crippen molar-refractivity contribution >= 4 is 34.6 Å². The zero-order chi connectivity index (χ0) is 20.2. The summed E-state index contributed by atoms with van der Waals surface area (Å²) in [5.41, 5.74) is 1.80. The molecule has 1 aliphatic heterocycles. The van der Waals surface area contributed by atoms with E-state index in [-0.39, 0.29) is 18.4 Å². The number of imidazole rings is 1. The van der Waals surface area contributed by atoms with E-state index in [1.54, 1.807) is 0 Å². The predicted molar refractivity (Wildman–Crippen MR) is 116 cm³/mol. The zero-order valence-electron chi connectivity index (χ0n) is 17.1. The van der Waals surface area contributed by atoms with Gasteiger partial charge in [-0.3, -0.25) is 9.59 Å². The van der Waals surface area contributed by atoms with Crippen LogP contribution in [0.25, 0.3) is 11.0 Å². The molecule has 29 heavy (non-hydrogen) atoms. The number of piperidine rings is 1. The van der Waals surface area contributed by atoms with Gasteiger partial charge in [-0.2, -0.15) is 0 Å². The van der Waals surface area contributed by atoms with E-state index < -0.39 is 0 Å². The van der Waals surface area contributed by atoms with Crippen LogP contribution in [0, 0.1) is 0 Å². The molecule has 1 saturated carbocycles. The molecule has 0 unspecified atom stereocenters. The fourth-order valence-electron chi connectivity index (χ4n) is 4.48. The summed E-state index contributed by atoms with van der Waals surface area (Å²) in [6.45, 7) is 3.22. The number of carbonyl (C=O) groups is 2. The molecule has 1 aromatic carbocycles. The van der Waals surface area contributed by atoms with Gasteiger partial charge in [0.25, 0.3) is 0 Å². The van der Waals surface area contributed by atoms with Crippen molar-refractivity contribution < 1.29 is 9.59 Å². The molecule has 4 rings (SSSR count). The minimum atomic E-state index is 0.0258. The minimum absolute atomic E-state index is 0.0258. The molecule has 1 N–H and O–H groups in total. The van der Waals surface area contributed by atoms with Crippen molar-refractivity contribution in [2.24, 2.45) is 0 Å². The number of aromatic nitrogens is 2. The van der Waals surface area contributed by atoms with Crippen LogP contribution in [0.4, 0.5) is 0 Å². The van der Waals surface area contributed by atoms with E-state index in [0.29, 0.717) is 17.8 Å². The number of nitrogens with zero attached hydrogens (tertiary/aromatic N) is 3. The number of rotatable bonds is 6. The van der Waals surface area contributed by atoms with Crippen LogP contribution in [0.1, 0.15) is 51.9 Å². The fraction of sp³-hybridized carbons (Fsp3) is 0.591. The third kappa shape index (κ3) is 4.77. The first-order chi connectivity index (χ1) is 14.1. The first-order valence-electron chi connectivity index (χ1n) is 10.8. The van der Waals surface area contributed by atoms with E-state index in [2.05, 4.69) is 12.2 Å². The van der Waals surface area contributed by atoms with E-state index >= 15 is 0 Å². The normalized spacial score (nSPS) is 20.3. The second-order valence-electron chi connectivity index (χ2n) is 8.24. The number of nitrogens with one attached hydrogen (secondary N) is 1. The molecule has 7 heteroatoms. The van der Waals surface area contributed by atoms with Gasteiger partial charge in [0.1, 0.15) is 6.54 Å². The SMILES string of the molecule is C[C@H]1CCCCN1C(=O)CSc1nc2ccccc2n1CC(=O)NC1CCCC1. The van der Waals surface area contributed by atoms with Gasteiger partial charge in [0.15, 0.2) is 5.16 Å². The minimum Gasteiger partial charge on any atom is -0.352 e. The Hall–Kier alpha value is -2.02. The molecule has 1 aromatic heterocycles. The molecule has 2 amide bonds. The second kappa shape index (κ2) is 9.20. The summed E-state index contributed by atoms with van der Waals surface area (Å²) in [5.74, 6) is 0.548. The van der Waals surface area contributed by atoms with Gasteiger partial charge in [-0.05, 0) is 51.2 Å². The van der Waals surface area contributed by atoms with Crippen LogP contribution in [0.15, 0.2) is 29.4 Å². The monoisotopic (exact) mass is 414 g/mol. The number of carbonyl (C=O) groups excluding carboxylic acids is 2. The average Bonchev–Trinajstić information content (AvgIpc) is 3.34. The third-order valence-electron chi connectivity index (χ3n) is 6.09. The predicted octanol–water partition coefficient (Wildman–Crippen LogP) is 3.59. The Labute approximate surface area is 176 Å². The van der Waals surface area contributed by atoms with Gasteiger partial charge >= 0.3 is 0 Å². The number of para-hydroxylation sites is 2. The Bertz CT molecular complexity index is 875. The molecule has 0 radical (unpaired) electrons.